The first-order valence-corrected chi connectivity index (χ1v) is 13.2. The molecule has 0 aliphatic heterocycles. The molecule has 1 aromatic heterocycles. The van der Waals surface area contributed by atoms with Crippen LogP contribution in [0.4, 0.5) is 5.69 Å². The first-order valence-electron chi connectivity index (χ1n) is 9.75. The second kappa shape index (κ2) is 9.22. The van der Waals surface area contributed by atoms with Gasteiger partial charge in [-0.25, -0.2) is 0 Å². The monoisotopic (exact) mass is 426 g/mol. The molecule has 0 saturated heterocycles. The van der Waals surface area contributed by atoms with Crippen molar-refractivity contribution in [3.8, 4) is 0 Å². The maximum atomic E-state index is 12.0. The molecule has 0 saturated carbocycles. The first kappa shape index (κ1) is 20.3. The van der Waals surface area contributed by atoms with Crippen molar-refractivity contribution in [3.05, 3.63) is 115 Å². The largest absolute Gasteiger partial charge is 0.416 e. The second-order valence-electron chi connectivity index (χ2n) is 6.86. The van der Waals surface area contributed by atoms with Crippen LogP contribution in [0.15, 0.2) is 119 Å². The Labute approximate surface area is 182 Å². The van der Waals surface area contributed by atoms with Crippen LogP contribution in [-0.4, -0.2) is 23.0 Å². The fourth-order valence-electron chi connectivity index (χ4n) is 3.22. The third kappa shape index (κ3) is 4.43. The highest BCUT2D eigenvalue weighted by Crippen LogP contribution is 2.35. The Kier molecular flexibility index (Phi) is 6.23. The molecular formula is C25H22N2OSSi. The molecular weight excluding hydrogens is 404 g/mol. The highest BCUT2D eigenvalue weighted by atomic mass is 32.4. The van der Waals surface area contributed by atoms with Gasteiger partial charge in [0.2, 0.25) is 0 Å². The van der Waals surface area contributed by atoms with Gasteiger partial charge in [-0.15, -0.1) is 11.2 Å². The van der Waals surface area contributed by atoms with Crippen LogP contribution >= 0.6 is 11.2 Å². The van der Waals surface area contributed by atoms with Gasteiger partial charge in [0.25, 0.3) is 0 Å². The summed E-state index contributed by atoms with van der Waals surface area (Å²) in [5.41, 5.74) is 2.52. The number of aliphatic imine (C=N–C) groups is 1. The average molecular weight is 427 g/mol. The van der Waals surface area contributed by atoms with E-state index >= 15 is 0 Å². The number of aromatic nitrogens is 1. The van der Waals surface area contributed by atoms with Gasteiger partial charge >= 0.3 is 7.47 Å². The van der Waals surface area contributed by atoms with Crippen LogP contribution in [0.5, 0.6) is 0 Å². The highest BCUT2D eigenvalue weighted by Gasteiger charge is 2.38. The summed E-state index contributed by atoms with van der Waals surface area (Å²) in [5, 5.41) is 1.92. The molecule has 5 heteroatoms. The van der Waals surface area contributed by atoms with Crippen molar-refractivity contribution in [2.24, 2.45) is 4.99 Å². The van der Waals surface area contributed by atoms with Crippen molar-refractivity contribution < 1.29 is 4.80 Å². The van der Waals surface area contributed by atoms with Gasteiger partial charge in [0.1, 0.15) is 0 Å². The molecule has 0 bridgehead atoms. The van der Waals surface area contributed by atoms with Gasteiger partial charge in [-0.2, -0.15) is 0 Å². The molecule has 0 atom stereocenters. The third-order valence-corrected chi connectivity index (χ3v) is 10.8. The fraction of sp³-hybridized carbons (Fsp3) is 0.0400. The van der Waals surface area contributed by atoms with E-state index in [1.807, 2.05) is 110 Å². The summed E-state index contributed by atoms with van der Waals surface area (Å²) in [4.78, 5) is 22.2. The molecule has 0 spiro atoms. The van der Waals surface area contributed by atoms with E-state index in [0.717, 1.165) is 32.4 Å². The van der Waals surface area contributed by atoms with E-state index in [1.54, 1.807) is 6.20 Å². The lowest BCUT2D eigenvalue weighted by Gasteiger charge is -2.26. The lowest BCUT2D eigenvalue weighted by Crippen LogP contribution is -2.55. The Hall–Kier alpha value is -2.99. The maximum Gasteiger partial charge on any atom is 0.322 e. The number of hydrogen-bond acceptors (Lipinski definition) is 4. The van der Waals surface area contributed by atoms with Gasteiger partial charge in [0, 0.05) is 11.1 Å². The van der Waals surface area contributed by atoms with Crippen molar-refractivity contribution in [1.29, 1.82) is 0 Å². The molecule has 3 nitrogen and oxygen atoms in total. The second-order valence-corrected chi connectivity index (χ2v) is 12.3. The standard InChI is InChI=1S/C25H22N2OSSi/c1-20(23-16-10-11-19-26-23)27-24-17-8-9-18-25(24)29-30(28,21-12-4-2-5-13-21)22-14-6-3-7-15-22/h2-19,28H,1H3. The van der Waals surface area contributed by atoms with E-state index in [4.69, 9.17) is 4.99 Å². The van der Waals surface area contributed by atoms with Crippen LogP contribution in [0, 0.1) is 0 Å². The van der Waals surface area contributed by atoms with E-state index in [0.29, 0.717) is 0 Å². The zero-order valence-corrected chi connectivity index (χ0v) is 18.5. The molecule has 0 aliphatic rings. The van der Waals surface area contributed by atoms with E-state index in [1.165, 1.54) is 11.2 Å². The van der Waals surface area contributed by atoms with Gasteiger partial charge in [0.05, 0.1) is 17.1 Å². The molecule has 0 radical (unpaired) electrons. The number of nitrogens with zero attached hydrogens (tertiary/aromatic N) is 2. The van der Waals surface area contributed by atoms with Crippen LogP contribution in [-0.2, 0) is 0 Å². The van der Waals surface area contributed by atoms with Crippen molar-refractivity contribution >= 4 is 40.5 Å². The van der Waals surface area contributed by atoms with Crippen LogP contribution in [0.1, 0.15) is 12.6 Å². The Morgan fingerprint density at radius 3 is 1.93 bits per heavy atom. The van der Waals surface area contributed by atoms with E-state index in [2.05, 4.69) is 4.98 Å². The molecule has 1 heterocycles. The summed E-state index contributed by atoms with van der Waals surface area (Å²) >= 11 is 1.53. The predicted octanol–water partition coefficient (Wildman–Crippen LogP) is 4.56. The van der Waals surface area contributed by atoms with Crippen LogP contribution in [0.25, 0.3) is 0 Å². The quantitative estimate of drug-likeness (QED) is 0.363. The number of hydrogen-bond donors (Lipinski definition) is 1. The molecule has 4 rings (SSSR count). The molecule has 0 unspecified atom stereocenters. The third-order valence-electron chi connectivity index (χ3n) is 4.78. The minimum atomic E-state index is -3.07. The molecule has 0 aliphatic carbocycles. The number of para-hydroxylation sites is 1. The van der Waals surface area contributed by atoms with Crippen molar-refractivity contribution in [2.45, 2.75) is 11.8 Å². The van der Waals surface area contributed by atoms with E-state index in [-0.39, 0.29) is 0 Å². The summed E-state index contributed by atoms with van der Waals surface area (Å²) in [6, 6.07) is 33.7. The van der Waals surface area contributed by atoms with Gasteiger partial charge < -0.3 is 4.80 Å². The average Bonchev–Trinajstić information content (AvgIpc) is 2.82. The van der Waals surface area contributed by atoms with Crippen LogP contribution < -0.4 is 10.4 Å². The molecule has 1 N–H and O–H groups in total. The summed E-state index contributed by atoms with van der Waals surface area (Å²) in [6.45, 7) is 1.96. The van der Waals surface area contributed by atoms with E-state index in [9.17, 15) is 4.80 Å². The zero-order valence-electron chi connectivity index (χ0n) is 16.6. The summed E-state index contributed by atoms with van der Waals surface area (Å²) < 4.78 is 0. The van der Waals surface area contributed by atoms with Gasteiger partial charge in [-0.05, 0) is 41.6 Å². The Bertz CT molecular complexity index is 1100. The zero-order chi connectivity index (χ0) is 20.8. The predicted molar refractivity (Wildman–Crippen MR) is 129 cm³/mol. The SMILES string of the molecule is CC(=Nc1ccccc1S[Si](O)(c1ccccc1)c1ccccc1)c1ccccn1. The van der Waals surface area contributed by atoms with Crippen LogP contribution in [0.3, 0.4) is 0 Å². The lowest BCUT2D eigenvalue weighted by atomic mass is 10.2. The van der Waals surface area contributed by atoms with Crippen molar-refractivity contribution in [1.82, 2.24) is 4.98 Å². The summed E-state index contributed by atoms with van der Waals surface area (Å²) in [6.07, 6.45) is 1.77. The normalized spacial score (nSPS) is 12.0. The molecule has 0 fully saturated rings. The minimum Gasteiger partial charge on any atom is -0.416 e. The minimum absolute atomic E-state index is 0.837. The Balaban J connectivity index is 1.77. The van der Waals surface area contributed by atoms with Gasteiger partial charge in [-0.1, -0.05) is 78.9 Å². The molecule has 0 amide bonds. The highest BCUT2D eigenvalue weighted by molar-refractivity contribution is 8.30. The maximum absolute atomic E-state index is 12.0. The summed E-state index contributed by atoms with van der Waals surface area (Å²) in [5.74, 6) is 0. The van der Waals surface area contributed by atoms with Crippen molar-refractivity contribution in [2.75, 3.05) is 0 Å². The number of benzene rings is 3. The lowest BCUT2D eigenvalue weighted by molar-refractivity contribution is 0.592. The fourth-order valence-corrected chi connectivity index (χ4v) is 8.76. The van der Waals surface area contributed by atoms with Crippen LogP contribution in [0.2, 0.25) is 0 Å². The molecule has 148 valence electrons. The Morgan fingerprint density at radius 1 is 0.767 bits per heavy atom. The molecule has 3 aromatic carbocycles. The topological polar surface area (TPSA) is 45.5 Å². The first-order chi connectivity index (χ1) is 14.7. The Morgan fingerprint density at radius 2 is 1.33 bits per heavy atom. The van der Waals surface area contributed by atoms with Gasteiger partial charge in [0.15, 0.2) is 0 Å². The molecule has 30 heavy (non-hydrogen) atoms. The van der Waals surface area contributed by atoms with Crippen molar-refractivity contribution in [3.63, 3.8) is 0 Å². The summed E-state index contributed by atoms with van der Waals surface area (Å²) in [7, 11) is -3.07. The smallest absolute Gasteiger partial charge is 0.322 e. The number of rotatable bonds is 6. The van der Waals surface area contributed by atoms with Gasteiger partial charge in [-0.3, -0.25) is 9.98 Å². The molecule has 4 aromatic rings. The number of pyridine rings is 1. The van der Waals surface area contributed by atoms with E-state index < -0.39 is 7.47 Å².